The fraction of sp³-hybridized carbons (Fsp3) is 0.333. The molecule has 0 heterocycles. The maximum atomic E-state index is 12.2. The maximum absolute atomic E-state index is 12.2. The summed E-state index contributed by atoms with van der Waals surface area (Å²) < 4.78 is 41.7. The molecule has 0 unspecified atom stereocenters. The average Bonchev–Trinajstić information content (AvgIpc) is 2.14. The predicted octanol–water partition coefficient (Wildman–Crippen LogP) is 3.01. The summed E-state index contributed by atoms with van der Waals surface area (Å²) in [5, 5.41) is 0. The number of alkyl halides is 3. The van der Waals surface area contributed by atoms with Gasteiger partial charge in [0.25, 0.3) is 0 Å². The van der Waals surface area contributed by atoms with E-state index in [9.17, 15) is 13.2 Å². The molecule has 1 aromatic carbocycles. The molecule has 0 atom stereocenters. The molecular weight excluding hydrogens is 213 g/mol. The molecule has 0 aliphatic heterocycles. The van der Waals surface area contributed by atoms with Crippen LogP contribution in [0.2, 0.25) is 0 Å². The van der Waals surface area contributed by atoms with Crippen molar-refractivity contribution in [2.24, 2.45) is 0 Å². The Labute approximate surface area is 85.3 Å². The van der Waals surface area contributed by atoms with Crippen molar-refractivity contribution in [3.63, 3.8) is 0 Å². The summed E-state index contributed by atoms with van der Waals surface area (Å²) in [5.41, 5.74) is -0.700. The molecule has 0 aliphatic carbocycles. The molecule has 78 valence electrons. The Morgan fingerprint density at radius 2 is 2.00 bits per heavy atom. The SMILES string of the molecule is FC(F)(F)c1cccc(OCCS)c1. The molecule has 5 heteroatoms. The van der Waals surface area contributed by atoms with Crippen LogP contribution >= 0.6 is 12.6 Å². The van der Waals surface area contributed by atoms with Gasteiger partial charge in [0.2, 0.25) is 0 Å². The highest BCUT2D eigenvalue weighted by Gasteiger charge is 2.30. The number of hydrogen-bond acceptors (Lipinski definition) is 2. The van der Waals surface area contributed by atoms with Crippen LogP contribution in [0.15, 0.2) is 24.3 Å². The zero-order chi connectivity index (χ0) is 10.6. The van der Waals surface area contributed by atoms with E-state index in [1.54, 1.807) is 0 Å². The second kappa shape index (κ2) is 4.59. The van der Waals surface area contributed by atoms with Crippen LogP contribution < -0.4 is 4.74 Å². The lowest BCUT2D eigenvalue weighted by molar-refractivity contribution is -0.137. The summed E-state index contributed by atoms with van der Waals surface area (Å²) >= 11 is 3.89. The fourth-order valence-corrected chi connectivity index (χ4v) is 1.02. The highest BCUT2D eigenvalue weighted by Crippen LogP contribution is 2.31. The van der Waals surface area contributed by atoms with Crippen LogP contribution in [0.3, 0.4) is 0 Å². The highest BCUT2D eigenvalue weighted by molar-refractivity contribution is 7.80. The molecule has 0 N–H and O–H groups in total. The summed E-state index contributed by atoms with van der Waals surface area (Å²) in [4.78, 5) is 0. The number of ether oxygens (including phenoxy) is 1. The van der Waals surface area contributed by atoms with Gasteiger partial charge in [-0.15, -0.1) is 0 Å². The first-order valence-electron chi connectivity index (χ1n) is 3.95. The summed E-state index contributed by atoms with van der Waals surface area (Å²) in [6, 6.07) is 4.78. The van der Waals surface area contributed by atoms with Crippen LogP contribution in [-0.4, -0.2) is 12.4 Å². The van der Waals surface area contributed by atoms with E-state index in [1.165, 1.54) is 12.1 Å². The van der Waals surface area contributed by atoms with Gasteiger partial charge >= 0.3 is 6.18 Å². The smallest absolute Gasteiger partial charge is 0.416 e. The van der Waals surface area contributed by atoms with Crippen LogP contribution in [0, 0.1) is 0 Å². The predicted molar refractivity (Wildman–Crippen MR) is 50.8 cm³/mol. The molecule has 0 saturated heterocycles. The minimum absolute atomic E-state index is 0.217. The first kappa shape index (κ1) is 11.2. The molecule has 0 fully saturated rings. The summed E-state index contributed by atoms with van der Waals surface area (Å²) in [6.45, 7) is 0.296. The Kier molecular flexibility index (Phi) is 3.69. The van der Waals surface area contributed by atoms with Crippen LogP contribution in [0.1, 0.15) is 5.56 Å². The van der Waals surface area contributed by atoms with E-state index in [2.05, 4.69) is 12.6 Å². The van der Waals surface area contributed by atoms with Gasteiger partial charge in [0.05, 0.1) is 12.2 Å². The fourth-order valence-electron chi connectivity index (χ4n) is 0.926. The van der Waals surface area contributed by atoms with Gasteiger partial charge in [-0.3, -0.25) is 0 Å². The molecule has 1 aromatic rings. The van der Waals surface area contributed by atoms with Crippen molar-refractivity contribution in [3.8, 4) is 5.75 Å². The minimum atomic E-state index is -4.32. The van der Waals surface area contributed by atoms with E-state index in [1.807, 2.05) is 0 Å². The van der Waals surface area contributed by atoms with Gasteiger partial charge in [-0.1, -0.05) is 6.07 Å². The van der Waals surface area contributed by atoms with Crippen molar-refractivity contribution in [2.45, 2.75) is 6.18 Å². The van der Waals surface area contributed by atoms with E-state index in [4.69, 9.17) is 4.74 Å². The first-order valence-corrected chi connectivity index (χ1v) is 4.58. The third-order valence-corrected chi connectivity index (χ3v) is 1.70. The van der Waals surface area contributed by atoms with Gasteiger partial charge in [-0.05, 0) is 18.2 Å². The number of thiol groups is 1. The van der Waals surface area contributed by atoms with Crippen molar-refractivity contribution >= 4 is 12.6 Å². The van der Waals surface area contributed by atoms with Gasteiger partial charge in [0.15, 0.2) is 0 Å². The van der Waals surface area contributed by atoms with E-state index < -0.39 is 11.7 Å². The Balaban J connectivity index is 2.79. The van der Waals surface area contributed by atoms with Gasteiger partial charge in [0, 0.05) is 5.75 Å². The summed E-state index contributed by atoms with van der Waals surface area (Å²) in [5.74, 6) is 0.685. The first-order chi connectivity index (χ1) is 6.54. The molecule has 1 rings (SSSR count). The van der Waals surface area contributed by atoms with Gasteiger partial charge in [-0.2, -0.15) is 25.8 Å². The van der Waals surface area contributed by atoms with Crippen LogP contribution in [-0.2, 0) is 6.18 Å². The number of halogens is 3. The number of hydrogen-bond donors (Lipinski definition) is 1. The number of rotatable bonds is 3. The van der Waals surface area contributed by atoms with E-state index >= 15 is 0 Å². The maximum Gasteiger partial charge on any atom is 0.416 e. The molecule has 0 bridgehead atoms. The zero-order valence-electron chi connectivity index (χ0n) is 7.21. The Hall–Kier alpha value is -0.840. The summed E-state index contributed by atoms with van der Waals surface area (Å²) in [6.07, 6.45) is -4.32. The molecule has 0 radical (unpaired) electrons. The average molecular weight is 222 g/mol. The van der Waals surface area contributed by atoms with Crippen LogP contribution in [0.25, 0.3) is 0 Å². The molecule has 0 aliphatic rings. The highest BCUT2D eigenvalue weighted by atomic mass is 32.1. The van der Waals surface area contributed by atoms with E-state index in [0.717, 1.165) is 12.1 Å². The third-order valence-electron chi connectivity index (χ3n) is 1.52. The van der Waals surface area contributed by atoms with Gasteiger partial charge in [0.1, 0.15) is 5.75 Å². The second-order valence-electron chi connectivity index (χ2n) is 2.60. The van der Waals surface area contributed by atoms with Crippen molar-refractivity contribution in [2.75, 3.05) is 12.4 Å². The number of benzene rings is 1. The molecule has 0 amide bonds. The Morgan fingerprint density at radius 3 is 2.57 bits per heavy atom. The summed E-state index contributed by atoms with van der Waals surface area (Å²) in [7, 11) is 0. The quantitative estimate of drug-likeness (QED) is 0.773. The Bertz CT molecular complexity index is 298. The topological polar surface area (TPSA) is 9.23 Å². The van der Waals surface area contributed by atoms with Crippen LogP contribution in [0.4, 0.5) is 13.2 Å². The molecular formula is C9H9F3OS. The standard InChI is InChI=1S/C9H9F3OS/c10-9(11,12)7-2-1-3-8(6-7)13-4-5-14/h1-3,6,14H,4-5H2. The second-order valence-corrected chi connectivity index (χ2v) is 3.04. The van der Waals surface area contributed by atoms with Crippen molar-refractivity contribution < 1.29 is 17.9 Å². The molecule has 0 saturated carbocycles. The monoisotopic (exact) mass is 222 g/mol. The molecule has 0 spiro atoms. The van der Waals surface area contributed by atoms with Crippen molar-refractivity contribution in [1.29, 1.82) is 0 Å². The molecule has 14 heavy (non-hydrogen) atoms. The van der Waals surface area contributed by atoms with Crippen LogP contribution in [0.5, 0.6) is 5.75 Å². The van der Waals surface area contributed by atoms with Crippen molar-refractivity contribution in [1.82, 2.24) is 0 Å². The minimum Gasteiger partial charge on any atom is -0.493 e. The Morgan fingerprint density at radius 1 is 1.29 bits per heavy atom. The van der Waals surface area contributed by atoms with E-state index in [-0.39, 0.29) is 5.75 Å². The van der Waals surface area contributed by atoms with Gasteiger partial charge < -0.3 is 4.74 Å². The lowest BCUT2D eigenvalue weighted by atomic mass is 10.2. The lowest BCUT2D eigenvalue weighted by Gasteiger charge is -2.09. The normalized spacial score (nSPS) is 11.4. The van der Waals surface area contributed by atoms with E-state index in [0.29, 0.717) is 12.4 Å². The molecule has 0 aromatic heterocycles. The largest absolute Gasteiger partial charge is 0.493 e. The molecule has 1 nitrogen and oxygen atoms in total. The van der Waals surface area contributed by atoms with Crippen molar-refractivity contribution in [3.05, 3.63) is 29.8 Å². The lowest BCUT2D eigenvalue weighted by Crippen LogP contribution is -2.05. The third kappa shape index (κ3) is 3.14. The zero-order valence-corrected chi connectivity index (χ0v) is 8.11. The van der Waals surface area contributed by atoms with Gasteiger partial charge in [-0.25, -0.2) is 0 Å².